The van der Waals surface area contributed by atoms with Crippen molar-refractivity contribution in [2.75, 3.05) is 39.9 Å². The van der Waals surface area contributed by atoms with Gasteiger partial charge in [-0.3, -0.25) is 9.98 Å². The summed E-state index contributed by atoms with van der Waals surface area (Å²) in [4.78, 5) is 11.2. The van der Waals surface area contributed by atoms with Crippen LogP contribution in [0, 0.1) is 11.3 Å². The molecular weight excluding hydrogens is 427 g/mol. The third kappa shape index (κ3) is 4.84. The van der Waals surface area contributed by atoms with E-state index in [-0.39, 0.29) is 24.0 Å². The molecule has 1 aromatic rings. The van der Waals surface area contributed by atoms with Gasteiger partial charge in [-0.2, -0.15) is 0 Å². The van der Waals surface area contributed by atoms with Crippen LogP contribution in [-0.2, 0) is 4.74 Å². The lowest BCUT2D eigenvalue weighted by atomic mass is 9.87. The number of nitrogens with one attached hydrogen (secondary N) is 1. The fraction of sp³-hybridized carbons (Fsp3) is 0.684. The van der Waals surface area contributed by atoms with E-state index in [1.807, 2.05) is 25.5 Å². The second-order valence-electron chi connectivity index (χ2n) is 7.54. The zero-order chi connectivity index (χ0) is 17.0. The molecule has 1 spiro atoms. The average molecular weight is 458 g/mol. The highest BCUT2D eigenvalue weighted by atomic mass is 127. The first-order valence-corrected chi connectivity index (χ1v) is 9.07. The quantitative estimate of drug-likeness (QED) is 0.428. The van der Waals surface area contributed by atoms with Gasteiger partial charge in [0, 0.05) is 57.0 Å². The normalized spacial score (nSPS) is 24.6. The van der Waals surface area contributed by atoms with E-state index in [4.69, 9.17) is 4.74 Å². The number of aromatic nitrogens is 1. The predicted molar refractivity (Wildman–Crippen MR) is 113 cm³/mol. The van der Waals surface area contributed by atoms with E-state index in [1.54, 1.807) is 0 Å². The molecule has 3 heterocycles. The minimum Gasteiger partial charge on any atom is -0.381 e. The van der Waals surface area contributed by atoms with E-state index in [2.05, 4.69) is 40.1 Å². The SMILES string of the molecule is CN=C(NCC(c1cccnc1)C(C)C)N1CCC2(CCOC2)C1.I. The summed E-state index contributed by atoms with van der Waals surface area (Å²) in [6.07, 6.45) is 6.21. The fourth-order valence-corrected chi connectivity index (χ4v) is 3.95. The van der Waals surface area contributed by atoms with Crippen molar-refractivity contribution in [3.8, 4) is 0 Å². The van der Waals surface area contributed by atoms with Gasteiger partial charge >= 0.3 is 0 Å². The van der Waals surface area contributed by atoms with Gasteiger partial charge in [-0.05, 0) is 30.4 Å². The third-order valence-corrected chi connectivity index (χ3v) is 5.53. The number of rotatable bonds is 4. The van der Waals surface area contributed by atoms with Crippen molar-refractivity contribution < 1.29 is 4.74 Å². The molecule has 0 radical (unpaired) electrons. The molecule has 2 fully saturated rings. The highest BCUT2D eigenvalue weighted by Gasteiger charge is 2.42. The summed E-state index contributed by atoms with van der Waals surface area (Å²) in [7, 11) is 1.88. The molecule has 140 valence electrons. The lowest BCUT2D eigenvalue weighted by Crippen LogP contribution is -2.43. The predicted octanol–water partition coefficient (Wildman–Crippen LogP) is 3.13. The zero-order valence-electron chi connectivity index (χ0n) is 15.6. The van der Waals surface area contributed by atoms with Crippen LogP contribution in [0.1, 0.15) is 38.2 Å². The van der Waals surface area contributed by atoms with Crippen LogP contribution < -0.4 is 5.32 Å². The Balaban J connectivity index is 0.00000225. The van der Waals surface area contributed by atoms with Gasteiger partial charge in [0.05, 0.1) is 6.61 Å². The Morgan fingerprint density at radius 2 is 2.28 bits per heavy atom. The Hall–Kier alpha value is -0.890. The van der Waals surface area contributed by atoms with Gasteiger partial charge in [-0.25, -0.2) is 0 Å². The molecule has 0 bridgehead atoms. The monoisotopic (exact) mass is 458 g/mol. The van der Waals surface area contributed by atoms with Crippen molar-refractivity contribution in [3.05, 3.63) is 30.1 Å². The molecule has 0 amide bonds. The Morgan fingerprint density at radius 3 is 2.88 bits per heavy atom. The van der Waals surface area contributed by atoms with E-state index in [9.17, 15) is 0 Å². The molecule has 1 aromatic heterocycles. The van der Waals surface area contributed by atoms with Crippen LogP contribution >= 0.6 is 24.0 Å². The van der Waals surface area contributed by atoms with Crippen molar-refractivity contribution in [2.45, 2.75) is 32.6 Å². The Kier molecular flexibility index (Phi) is 7.49. The van der Waals surface area contributed by atoms with Crippen LogP contribution in [0.4, 0.5) is 0 Å². The first-order chi connectivity index (χ1) is 11.6. The summed E-state index contributed by atoms with van der Waals surface area (Å²) in [6, 6.07) is 4.19. The van der Waals surface area contributed by atoms with Crippen molar-refractivity contribution in [2.24, 2.45) is 16.3 Å². The molecule has 2 saturated heterocycles. The van der Waals surface area contributed by atoms with E-state index < -0.39 is 0 Å². The molecule has 0 saturated carbocycles. The number of guanidine groups is 1. The molecule has 2 atom stereocenters. The maximum absolute atomic E-state index is 5.64. The molecular formula is C19H31IN4O. The summed E-state index contributed by atoms with van der Waals surface area (Å²) in [5, 5.41) is 3.60. The Bertz CT molecular complexity index is 558. The van der Waals surface area contributed by atoms with E-state index >= 15 is 0 Å². The van der Waals surface area contributed by atoms with E-state index in [1.165, 1.54) is 18.4 Å². The van der Waals surface area contributed by atoms with Crippen LogP contribution in [-0.4, -0.2) is 55.7 Å². The maximum Gasteiger partial charge on any atom is 0.193 e. The second-order valence-corrected chi connectivity index (χ2v) is 7.54. The van der Waals surface area contributed by atoms with Gasteiger partial charge in [0.1, 0.15) is 0 Å². The minimum absolute atomic E-state index is 0. The first-order valence-electron chi connectivity index (χ1n) is 9.07. The van der Waals surface area contributed by atoms with Gasteiger partial charge in [0.15, 0.2) is 5.96 Å². The lowest BCUT2D eigenvalue weighted by molar-refractivity contribution is 0.156. The number of pyridine rings is 1. The molecule has 5 nitrogen and oxygen atoms in total. The second kappa shape index (κ2) is 9.16. The van der Waals surface area contributed by atoms with Gasteiger partial charge in [-0.1, -0.05) is 19.9 Å². The summed E-state index contributed by atoms with van der Waals surface area (Å²) in [6.45, 7) is 9.37. The number of hydrogen-bond acceptors (Lipinski definition) is 3. The smallest absolute Gasteiger partial charge is 0.193 e. The fourth-order valence-electron chi connectivity index (χ4n) is 3.95. The molecule has 3 rings (SSSR count). The largest absolute Gasteiger partial charge is 0.381 e. The van der Waals surface area contributed by atoms with Crippen LogP contribution in [0.3, 0.4) is 0 Å². The number of hydrogen-bond donors (Lipinski definition) is 1. The molecule has 6 heteroatoms. The number of likely N-dealkylation sites (tertiary alicyclic amines) is 1. The Labute approximate surface area is 168 Å². The Morgan fingerprint density at radius 1 is 1.44 bits per heavy atom. The standard InChI is InChI=1S/C19H30N4O.HI/c1-15(2)17(16-5-4-8-21-11-16)12-22-18(20-3)23-9-6-19(13-23)7-10-24-14-19;/h4-5,8,11,15,17H,6-7,9-10,12-14H2,1-3H3,(H,20,22);1H. The summed E-state index contributed by atoms with van der Waals surface area (Å²) in [5.41, 5.74) is 1.65. The number of halogens is 1. The molecule has 2 unspecified atom stereocenters. The maximum atomic E-state index is 5.64. The highest BCUT2D eigenvalue weighted by Crippen LogP contribution is 2.38. The highest BCUT2D eigenvalue weighted by molar-refractivity contribution is 14.0. The van der Waals surface area contributed by atoms with E-state index in [0.717, 1.165) is 38.8 Å². The van der Waals surface area contributed by atoms with Crippen molar-refractivity contribution in [1.29, 1.82) is 0 Å². The van der Waals surface area contributed by atoms with Crippen LogP contribution in [0.5, 0.6) is 0 Å². The summed E-state index contributed by atoms with van der Waals surface area (Å²) >= 11 is 0. The summed E-state index contributed by atoms with van der Waals surface area (Å²) < 4.78 is 5.64. The number of nitrogens with zero attached hydrogens (tertiary/aromatic N) is 3. The van der Waals surface area contributed by atoms with Crippen molar-refractivity contribution in [1.82, 2.24) is 15.2 Å². The van der Waals surface area contributed by atoms with Crippen LogP contribution in [0.2, 0.25) is 0 Å². The molecule has 2 aliphatic heterocycles. The molecule has 25 heavy (non-hydrogen) atoms. The van der Waals surface area contributed by atoms with Gasteiger partial charge in [-0.15, -0.1) is 24.0 Å². The molecule has 2 aliphatic rings. The van der Waals surface area contributed by atoms with Crippen LogP contribution in [0.15, 0.2) is 29.5 Å². The molecule has 1 N–H and O–H groups in total. The topological polar surface area (TPSA) is 49.8 Å². The molecule has 0 aromatic carbocycles. The van der Waals surface area contributed by atoms with Gasteiger partial charge in [0.25, 0.3) is 0 Å². The summed E-state index contributed by atoms with van der Waals surface area (Å²) in [5.74, 6) is 2.00. The minimum atomic E-state index is 0. The van der Waals surface area contributed by atoms with E-state index in [0.29, 0.717) is 17.3 Å². The van der Waals surface area contributed by atoms with Crippen molar-refractivity contribution >= 4 is 29.9 Å². The first kappa shape index (κ1) is 20.4. The average Bonchev–Trinajstić information content (AvgIpc) is 3.22. The third-order valence-electron chi connectivity index (χ3n) is 5.53. The number of ether oxygens (including phenoxy) is 1. The zero-order valence-corrected chi connectivity index (χ0v) is 17.9. The number of aliphatic imine (C=N–C) groups is 1. The van der Waals surface area contributed by atoms with Gasteiger partial charge in [0.2, 0.25) is 0 Å². The van der Waals surface area contributed by atoms with Crippen molar-refractivity contribution in [3.63, 3.8) is 0 Å². The van der Waals surface area contributed by atoms with Gasteiger partial charge < -0.3 is 15.0 Å². The molecule has 0 aliphatic carbocycles. The lowest BCUT2D eigenvalue weighted by Gasteiger charge is -2.27. The van der Waals surface area contributed by atoms with Crippen LogP contribution in [0.25, 0.3) is 0 Å².